The summed E-state index contributed by atoms with van der Waals surface area (Å²) in [5, 5.41) is 0. The Morgan fingerprint density at radius 2 is 2.25 bits per heavy atom. The quantitative estimate of drug-likeness (QED) is 0.852. The van der Waals surface area contributed by atoms with Gasteiger partial charge in [0.15, 0.2) is 4.67 Å². The van der Waals surface area contributed by atoms with Crippen LogP contribution in [0.1, 0.15) is 43.0 Å². The third-order valence-electron chi connectivity index (χ3n) is 3.22. The van der Waals surface area contributed by atoms with Crippen molar-refractivity contribution in [2.24, 2.45) is 0 Å². The Morgan fingerprint density at radius 1 is 1.56 bits per heavy atom. The van der Waals surface area contributed by atoms with Crippen molar-refractivity contribution in [3.8, 4) is 0 Å². The van der Waals surface area contributed by atoms with E-state index < -0.39 is 0 Å². The fourth-order valence-electron chi connectivity index (χ4n) is 2.38. The Balaban J connectivity index is 2.15. The van der Waals surface area contributed by atoms with Gasteiger partial charge < -0.3 is 9.32 Å². The minimum absolute atomic E-state index is 0.0787. The Labute approximate surface area is 104 Å². The van der Waals surface area contributed by atoms with Gasteiger partial charge in [-0.25, -0.2) is 0 Å². The summed E-state index contributed by atoms with van der Waals surface area (Å²) < 4.78 is 5.65. The lowest BCUT2D eigenvalue weighted by Gasteiger charge is -2.27. The van der Waals surface area contributed by atoms with Crippen LogP contribution < -0.4 is 0 Å². The maximum Gasteiger partial charge on any atom is 0.258 e. The lowest BCUT2D eigenvalue weighted by molar-refractivity contribution is 0.0691. The van der Waals surface area contributed by atoms with Gasteiger partial charge in [0.2, 0.25) is 0 Å². The smallest absolute Gasteiger partial charge is 0.258 e. The van der Waals surface area contributed by atoms with Crippen molar-refractivity contribution in [3.63, 3.8) is 0 Å². The molecule has 0 aliphatic heterocycles. The zero-order chi connectivity index (χ0) is 11.5. The molecule has 1 aromatic rings. The zero-order valence-corrected chi connectivity index (χ0v) is 11.0. The summed E-state index contributed by atoms with van der Waals surface area (Å²) in [5.41, 5.74) is 0.633. The van der Waals surface area contributed by atoms with Crippen molar-refractivity contribution in [2.45, 2.75) is 38.6 Å². The maximum atomic E-state index is 12.3. The number of amides is 1. The van der Waals surface area contributed by atoms with E-state index in [1.54, 1.807) is 12.3 Å². The largest absolute Gasteiger partial charge is 0.457 e. The average Bonchev–Trinajstić information content (AvgIpc) is 2.90. The number of furan rings is 1. The van der Waals surface area contributed by atoms with E-state index in [-0.39, 0.29) is 5.91 Å². The number of nitrogens with zero attached hydrogens (tertiary/aromatic N) is 1. The summed E-state index contributed by atoms with van der Waals surface area (Å²) in [7, 11) is 0. The Bertz CT molecular complexity index is 369. The Hall–Kier alpha value is -0.770. The predicted molar refractivity (Wildman–Crippen MR) is 65.4 cm³/mol. The SMILES string of the molecule is CCN(C(=O)c1ccoc1Br)C1CCCC1. The fourth-order valence-corrected chi connectivity index (χ4v) is 2.79. The van der Waals surface area contributed by atoms with Gasteiger partial charge in [0.05, 0.1) is 11.8 Å². The first kappa shape index (κ1) is 11.7. The highest BCUT2D eigenvalue weighted by Crippen LogP contribution is 2.27. The van der Waals surface area contributed by atoms with Gasteiger partial charge in [-0.1, -0.05) is 12.8 Å². The minimum Gasteiger partial charge on any atom is -0.457 e. The van der Waals surface area contributed by atoms with Crippen LogP contribution in [0.25, 0.3) is 0 Å². The molecule has 0 spiro atoms. The molecular formula is C12H16BrNO2. The number of halogens is 1. The lowest BCUT2D eigenvalue weighted by Crippen LogP contribution is -2.38. The number of carbonyl (C=O) groups excluding carboxylic acids is 1. The van der Waals surface area contributed by atoms with Crippen LogP contribution in [-0.2, 0) is 0 Å². The molecule has 0 N–H and O–H groups in total. The van der Waals surface area contributed by atoms with Crippen LogP contribution in [-0.4, -0.2) is 23.4 Å². The topological polar surface area (TPSA) is 33.5 Å². The van der Waals surface area contributed by atoms with E-state index in [4.69, 9.17) is 4.42 Å². The predicted octanol–water partition coefficient (Wildman–Crippen LogP) is 3.45. The molecule has 3 nitrogen and oxygen atoms in total. The molecule has 0 aromatic carbocycles. The first-order valence-electron chi connectivity index (χ1n) is 5.78. The van der Waals surface area contributed by atoms with Crippen molar-refractivity contribution in [1.82, 2.24) is 4.90 Å². The molecule has 1 heterocycles. The molecule has 0 radical (unpaired) electrons. The molecular weight excluding hydrogens is 270 g/mol. The third kappa shape index (κ3) is 2.17. The van der Waals surface area contributed by atoms with Crippen LogP contribution in [0.4, 0.5) is 0 Å². The van der Waals surface area contributed by atoms with Crippen molar-refractivity contribution in [1.29, 1.82) is 0 Å². The minimum atomic E-state index is 0.0787. The van der Waals surface area contributed by atoms with E-state index >= 15 is 0 Å². The van der Waals surface area contributed by atoms with Crippen LogP contribution in [0.2, 0.25) is 0 Å². The average molecular weight is 286 g/mol. The molecule has 1 saturated carbocycles. The molecule has 16 heavy (non-hydrogen) atoms. The molecule has 1 aliphatic carbocycles. The maximum absolute atomic E-state index is 12.3. The van der Waals surface area contributed by atoms with Crippen LogP contribution in [0.5, 0.6) is 0 Å². The van der Waals surface area contributed by atoms with Crippen LogP contribution in [0.15, 0.2) is 21.4 Å². The van der Waals surface area contributed by atoms with Crippen molar-refractivity contribution in [2.75, 3.05) is 6.54 Å². The van der Waals surface area contributed by atoms with E-state index in [1.165, 1.54) is 12.8 Å². The summed E-state index contributed by atoms with van der Waals surface area (Å²) in [6.45, 7) is 2.80. The van der Waals surface area contributed by atoms with Crippen LogP contribution >= 0.6 is 15.9 Å². The van der Waals surface area contributed by atoms with Crippen LogP contribution in [0, 0.1) is 0 Å². The molecule has 88 valence electrons. The van der Waals surface area contributed by atoms with Crippen LogP contribution in [0.3, 0.4) is 0 Å². The van der Waals surface area contributed by atoms with Gasteiger partial charge in [-0.3, -0.25) is 4.79 Å². The summed E-state index contributed by atoms with van der Waals surface area (Å²) in [6, 6.07) is 2.14. The first-order chi connectivity index (χ1) is 7.74. The fraction of sp³-hybridized carbons (Fsp3) is 0.583. The molecule has 0 saturated heterocycles. The van der Waals surface area contributed by atoms with Gasteiger partial charge in [-0.05, 0) is 41.8 Å². The van der Waals surface area contributed by atoms with Gasteiger partial charge in [-0.2, -0.15) is 0 Å². The lowest BCUT2D eigenvalue weighted by atomic mass is 10.2. The van der Waals surface area contributed by atoms with Crippen molar-refractivity contribution >= 4 is 21.8 Å². The van der Waals surface area contributed by atoms with E-state index in [0.717, 1.165) is 19.4 Å². The van der Waals surface area contributed by atoms with Crippen molar-refractivity contribution in [3.05, 3.63) is 22.6 Å². The highest BCUT2D eigenvalue weighted by Gasteiger charge is 2.27. The summed E-state index contributed by atoms with van der Waals surface area (Å²) in [6.07, 6.45) is 6.28. The number of hydrogen-bond acceptors (Lipinski definition) is 2. The standard InChI is InChI=1S/C12H16BrNO2/c1-2-14(9-5-3-4-6-9)12(15)10-7-8-16-11(10)13/h7-9H,2-6H2,1H3. The van der Waals surface area contributed by atoms with E-state index in [0.29, 0.717) is 16.3 Å². The summed E-state index contributed by atoms with van der Waals surface area (Å²) >= 11 is 3.26. The molecule has 0 unspecified atom stereocenters. The highest BCUT2D eigenvalue weighted by molar-refractivity contribution is 9.10. The second kappa shape index (κ2) is 5.04. The van der Waals surface area contributed by atoms with E-state index in [1.807, 2.05) is 11.8 Å². The van der Waals surface area contributed by atoms with Crippen molar-refractivity contribution < 1.29 is 9.21 Å². The zero-order valence-electron chi connectivity index (χ0n) is 9.41. The third-order valence-corrected chi connectivity index (χ3v) is 3.83. The monoisotopic (exact) mass is 285 g/mol. The Morgan fingerprint density at radius 3 is 2.75 bits per heavy atom. The molecule has 1 amide bonds. The molecule has 1 fully saturated rings. The number of rotatable bonds is 3. The normalized spacial score (nSPS) is 16.6. The second-order valence-electron chi connectivity index (χ2n) is 4.14. The summed E-state index contributed by atoms with van der Waals surface area (Å²) in [4.78, 5) is 14.2. The molecule has 0 atom stereocenters. The molecule has 4 heteroatoms. The molecule has 1 aliphatic rings. The number of hydrogen-bond donors (Lipinski definition) is 0. The van der Waals surface area contributed by atoms with Gasteiger partial charge in [0.25, 0.3) is 5.91 Å². The van der Waals surface area contributed by atoms with E-state index in [2.05, 4.69) is 15.9 Å². The highest BCUT2D eigenvalue weighted by atomic mass is 79.9. The summed E-state index contributed by atoms with van der Waals surface area (Å²) in [5.74, 6) is 0.0787. The van der Waals surface area contributed by atoms with E-state index in [9.17, 15) is 4.79 Å². The molecule has 2 rings (SSSR count). The van der Waals surface area contributed by atoms with Gasteiger partial charge >= 0.3 is 0 Å². The molecule has 0 bridgehead atoms. The number of carbonyl (C=O) groups is 1. The molecule has 1 aromatic heterocycles. The second-order valence-corrected chi connectivity index (χ2v) is 4.86. The van der Waals surface area contributed by atoms with Gasteiger partial charge in [0, 0.05) is 12.6 Å². The first-order valence-corrected chi connectivity index (χ1v) is 6.57. The Kier molecular flexibility index (Phi) is 3.69. The van der Waals surface area contributed by atoms with Gasteiger partial charge in [0.1, 0.15) is 0 Å². The van der Waals surface area contributed by atoms with Gasteiger partial charge in [-0.15, -0.1) is 0 Å².